The molecule has 0 aliphatic carbocycles. The number of thiazole rings is 1. The fourth-order valence-electron chi connectivity index (χ4n) is 1.96. The summed E-state index contributed by atoms with van der Waals surface area (Å²) < 4.78 is 0. The molecule has 3 rings (SSSR count). The topological polar surface area (TPSA) is 80.0 Å². The Labute approximate surface area is 108 Å². The van der Waals surface area contributed by atoms with Gasteiger partial charge in [-0.05, 0) is 17.7 Å². The van der Waals surface area contributed by atoms with Gasteiger partial charge in [0.1, 0.15) is 0 Å². The van der Waals surface area contributed by atoms with Gasteiger partial charge in [0, 0.05) is 11.1 Å². The molecule has 1 amide bonds. The number of hydrogen-bond acceptors (Lipinski definition) is 5. The number of hydrogen-bond donors (Lipinski definition) is 3. The van der Waals surface area contributed by atoms with E-state index < -0.39 is 0 Å². The van der Waals surface area contributed by atoms with E-state index >= 15 is 0 Å². The van der Waals surface area contributed by atoms with Gasteiger partial charge in [-0.2, -0.15) is 0 Å². The monoisotopic (exact) mass is 260 g/mol. The molecule has 0 atom stereocenters. The van der Waals surface area contributed by atoms with Crippen LogP contribution in [0.3, 0.4) is 0 Å². The van der Waals surface area contributed by atoms with Crippen LogP contribution in [0.15, 0.2) is 23.0 Å². The zero-order valence-corrected chi connectivity index (χ0v) is 10.4. The zero-order chi connectivity index (χ0) is 12.5. The predicted molar refractivity (Wildman–Crippen MR) is 72.6 cm³/mol. The molecule has 4 N–H and O–H groups in total. The van der Waals surface area contributed by atoms with Gasteiger partial charge in [-0.1, -0.05) is 0 Å². The molecular weight excluding hydrogens is 248 g/mol. The fourth-order valence-corrected chi connectivity index (χ4v) is 2.52. The number of fused-ring (bicyclic) bond motifs is 1. The molecule has 0 fully saturated rings. The molecule has 0 saturated heterocycles. The van der Waals surface area contributed by atoms with E-state index in [1.807, 2.05) is 17.5 Å². The maximum atomic E-state index is 11.3. The first-order valence-corrected chi connectivity index (χ1v) is 6.50. The van der Waals surface area contributed by atoms with Crippen LogP contribution < -0.4 is 16.4 Å². The maximum absolute atomic E-state index is 11.3. The molecule has 18 heavy (non-hydrogen) atoms. The molecule has 1 aromatic heterocycles. The van der Waals surface area contributed by atoms with Crippen LogP contribution in [0.25, 0.3) is 0 Å². The van der Waals surface area contributed by atoms with Crippen molar-refractivity contribution < 1.29 is 4.79 Å². The molecule has 0 bridgehead atoms. The summed E-state index contributed by atoms with van der Waals surface area (Å²) in [5, 5.41) is 8.02. The van der Waals surface area contributed by atoms with Crippen molar-refractivity contribution in [1.29, 1.82) is 0 Å². The minimum atomic E-state index is 0.0149. The summed E-state index contributed by atoms with van der Waals surface area (Å²) in [6.45, 7) is 0.625. The number of nitrogen functional groups attached to an aromatic ring is 1. The number of nitrogens with one attached hydrogen (secondary N) is 2. The SMILES string of the molecule is Nc1cc2c(cc1NCc1cscn1)NC(=O)C2. The van der Waals surface area contributed by atoms with Crippen molar-refractivity contribution in [2.45, 2.75) is 13.0 Å². The van der Waals surface area contributed by atoms with Crippen LogP contribution in [0.1, 0.15) is 11.3 Å². The van der Waals surface area contributed by atoms with Gasteiger partial charge in [-0.3, -0.25) is 4.79 Å². The van der Waals surface area contributed by atoms with Crippen LogP contribution in [0, 0.1) is 0 Å². The number of anilines is 3. The first kappa shape index (κ1) is 11.0. The first-order valence-electron chi connectivity index (χ1n) is 5.55. The molecule has 1 aliphatic heterocycles. The maximum Gasteiger partial charge on any atom is 0.228 e. The Kier molecular flexibility index (Phi) is 2.64. The van der Waals surface area contributed by atoms with Gasteiger partial charge in [0.2, 0.25) is 5.91 Å². The second-order valence-corrected chi connectivity index (χ2v) is 4.87. The molecule has 0 spiro atoms. The smallest absolute Gasteiger partial charge is 0.228 e. The third kappa shape index (κ3) is 2.02. The van der Waals surface area contributed by atoms with Gasteiger partial charge in [-0.25, -0.2) is 4.98 Å². The average molecular weight is 260 g/mol. The summed E-state index contributed by atoms with van der Waals surface area (Å²) in [7, 11) is 0. The second-order valence-electron chi connectivity index (χ2n) is 4.15. The first-order chi connectivity index (χ1) is 8.72. The minimum absolute atomic E-state index is 0.0149. The van der Waals surface area contributed by atoms with E-state index in [1.165, 1.54) is 0 Å². The third-order valence-electron chi connectivity index (χ3n) is 2.84. The molecular formula is C12H12N4OS. The fraction of sp³-hybridized carbons (Fsp3) is 0.167. The molecule has 92 valence electrons. The van der Waals surface area contributed by atoms with Crippen molar-refractivity contribution in [3.05, 3.63) is 34.3 Å². The van der Waals surface area contributed by atoms with Gasteiger partial charge in [0.05, 0.1) is 35.5 Å². The van der Waals surface area contributed by atoms with Crippen LogP contribution in [-0.2, 0) is 17.8 Å². The highest BCUT2D eigenvalue weighted by Crippen LogP contribution is 2.31. The summed E-state index contributed by atoms with van der Waals surface area (Å²) >= 11 is 1.56. The molecule has 0 radical (unpaired) electrons. The van der Waals surface area contributed by atoms with Gasteiger partial charge in [0.15, 0.2) is 0 Å². The number of amides is 1. The number of carbonyl (C=O) groups excluding carboxylic acids is 1. The van der Waals surface area contributed by atoms with E-state index in [2.05, 4.69) is 15.6 Å². The van der Waals surface area contributed by atoms with Crippen molar-refractivity contribution in [2.24, 2.45) is 0 Å². The van der Waals surface area contributed by atoms with Crippen molar-refractivity contribution in [3.63, 3.8) is 0 Å². The lowest BCUT2D eigenvalue weighted by Gasteiger charge is -2.10. The Hall–Kier alpha value is -2.08. The predicted octanol–water partition coefficient (Wildman–Crippen LogP) is 1.83. The number of aromatic nitrogens is 1. The number of rotatable bonds is 3. The summed E-state index contributed by atoms with van der Waals surface area (Å²) in [5.74, 6) is 0.0149. The third-order valence-corrected chi connectivity index (χ3v) is 3.48. The molecule has 0 unspecified atom stereocenters. The lowest BCUT2D eigenvalue weighted by Crippen LogP contribution is -2.04. The van der Waals surface area contributed by atoms with E-state index in [4.69, 9.17) is 5.73 Å². The Morgan fingerprint density at radius 1 is 1.50 bits per heavy atom. The van der Waals surface area contributed by atoms with Crippen LogP contribution in [-0.4, -0.2) is 10.9 Å². The summed E-state index contributed by atoms with van der Waals surface area (Å²) in [6.07, 6.45) is 0.409. The highest BCUT2D eigenvalue weighted by Gasteiger charge is 2.19. The Bertz CT molecular complexity index is 594. The Morgan fingerprint density at radius 2 is 2.39 bits per heavy atom. The van der Waals surface area contributed by atoms with Crippen molar-refractivity contribution >= 4 is 34.3 Å². The lowest BCUT2D eigenvalue weighted by atomic mass is 10.1. The minimum Gasteiger partial charge on any atom is -0.397 e. The van der Waals surface area contributed by atoms with Crippen molar-refractivity contribution in [2.75, 3.05) is 16.4 Å². The number of nitrogens with zero attached hydrogens (tertiary/aromatic N) is 1. The zero-order valence-electron chi connectivity index (χ0n) is 9.56. The van der Waals surface area contributed by atoms with Crippen LogP contribution in [0.5, 0.6) is 0 Å². The number of nitrogens with two attached hydrogens (primary N) is 1. The van der Waals surface area contributed by atoms with Crippen molar-refractivity contribution in [3.8, 4) is 0 Å². The second kappa shape index (κ2) is 4.30. The van der Waals surface area contributed by atoms with Gasteiger partial charge in [-0.15, -0.1) is 11.3 Å². The quantitative estimate of drug-likeness (QED) is 0.736. The molecule has 0 saturated carbocycles. The molecule has 1 aliphatic rings. The van der Waals surface area contributed by atoms with Crippen LogP contribution >= 0.6 is 11.3 Å². The number of benzene rings is 1. The van der Waals surface area contributed by atoms with E-state index in [-0.39, 0.29) is 5.91 Å². The van der Waals surface area contributed by atoms with Crippen molar-refractivity contribution in [1.82, 2.24) is 4.98 Å². The largest absolute Gasteiger partial charge is 0.397 e. The van der Waals surface area contributed by atoms with Crippen LogP contribution in [0.2, 0.25) is 0 Å². The van der Waals surface area contributed by atoms with Gasteiger partial charge < -0.3 is 16.4 Å². The van der Waals surface area contributed by atoms with E-state index in [0.29, 0.717) is 18.7 Å². The molecule has 1 aromatic carbocycles. The molecule has 2 aromatic rings. The highest BCUT2D eigenvalue weighted by molar-refractivity contribution is 7.07. The van der Waals surface area contributed by atoms with E-state index in [9.17, 15) is 4.79 Å². The molecule has 6 heteroatoms. The highest BCUT2D eigenvalue weighted by atomic mass is 32.1. The molecule has 2 heterocycles. The average Bonchev–Trinajstić information content (AvgIpc) is 2.94. The van der Waals surface area contributed by atoms with E-state index in [1.54, 1.807) is 16.8 Å². The Morgan fingerprint density at radius 3 is 3.17 bits per heavy atom. The summed E-state index contributed by atoms with van der Waals surface area (Å²) in [4.78, 5) is 15.5. The standard InChI is InChI=1S/C12H12N4OS/c13-9-1-7-2-12(17)16-10(7)3-11(9)14-4-8-5-18-6-15-8/h1,3,5-6,14H,2,4,13H2,(H,16,17). The summed E-state index contributed by atoms with van der Waals surface area (Å²) in [6, 6.07) is 3.72. The Balaban J connectivity index is 1.80. The van der Waals surface area contributed by atoms with Gasteiger partial charge >= 0.3 is 0 Å². The number of carbonyl (C=O) groups is 1. The van der Waals surface area contributed by atoms with Gasteiger partial charge in [0.25, 0.3) is 0 Å². The summed E-state index contributed by atoms with van der Waals surface area (Å²) in [5.41, 5.74) is 12.0. The van der Waals surface area contributed by atoms with E-state index in [0.717, 1.165) is 22.6 Å². The lowest BCUT2D eigenvalue weighted by molar-refractivity contribution is -0.115. The molecule has 5 nitrogen and oxygen atoms in total. The van der Waals surface area contributed by atoms with Crippen LogP contribution in [0.4, 0.5) is 17.1 Å². The normalized spacial score (nSPS) is 13.2.